The molecule has 0 aliphatic carbocycles. The van der Waals surface area contributed by atoms with Crippen molar-refractivity contribution in [2.75, 3.05) is 44.3 Å². The summed E-state index contributed by atoms with van der Waals surface area (Å²) in [5.41, 5.74) is 4.37. The van der Waals surface area contributed by atoms with Gasteiger partial charge in [0, 0.05) is 55.2 Å². The summed E-state index contributed by atoms with van der Waals surface area (Å²) in [5, 5.41) is 0.682. The SMILES string of the molecule is Cc1ccc(F)c2ccn(-c3cccc(N4CCC(N5CCOCC5)CC4)c3)c12. The van der Waals surface area contributed by atoms with Crippen molar-refractivity contribution >= 4 is 16.6 Å². The molecule has 0 radical (unpaired) electrons. The number of fused-ring (bicyclic) bond motifs is 1. The van der Waals surface area contributed by atoms with Gasteiger partial charge < -0.3 is 14.2 Å². The van der Waals surface area contributed by atoms with Gasteiger partial charge in [0.1, 0.15) is 5.82 Å². The van der Waals surface area contributed by atoms with Gasteiger partial charge in [-0.05, 0) is 55.7 Å². The molecule has 2 fully saturated rings. The summed E-state index contributed by atoms with van der Waals surface area (Å²) in [6, 6.07) is 14.6. The molecule has 0 atom stereocenters. The minimum absolute atomic E-state index is 0.161. The van der Waals surface area contributed by atoms with Crippen LogP contribution in [0.25, 0.3) is 16.6 Å². The molecule has 5 heteroatoms. The summed E-state index contributed by atoms with van der Waals surface area (Å²) in [6.07, 6.45) is 4.37. The van der Waals surface area contributed by atoms with Crippen LogP contribution in [0.1, 0.15) is 18.4 Å². The molecule has 0 saturated carbocycles. The lowest BCUT2D eigenvalue weighted by Gasteiger charge is -2.40. The molecule has 0 N–H and O–H groups in total. The Morgan fingerprint density at radius 2 is 1.69 bits per heavy atom. The van der Waals surface area contributed by atoms with Gasteiger partial charge in [-0.15, -0.1) is 0 Å². The van der Waals surface area contributed by atoms with Crippen LogP contribution in [0, 0.1) is 12.7 Å². The number of halogens is 1. The number of ether oxygens (including phenoxy) is 1. The van der Waals surface area contributed by atoms with Crippen molar-refractivity contribution in [1.29, 1.82) is 0 Å². The van der Waals surface area contributed by atoms with E-state index in [-0.39, 0.29) is 5.82 Å². The highest BCUT2D eigenvalue weighted by Gasteiger charge is 2.26. The van der Waals surface area contributed by atoms with Crippen LogP contribution < -0.4 is 4.90 Å². The summed E-state index contributed by atoms with van der Waals surface area (Å²) in [5.74, 6) is -0.161. The molecule has 2 aliphatic rings. The fourth-order valence-electron chi connectivity index (χ4n) is 4.88. The van der Waals surface area contributed by atoms with Gasteiger partial charge in [0.25, 0.3) is 0 Å². The molecule has 0 spiro atoms. The van der Waals surface area contributed by atoms with Crippen molar-refractivity contribution < 1.29 is 9.13 Å². The third-order valence-corrected chi connectivity index (χ3v) is 6.50. The minimum atomic E-state index is -0.161. The molecule has 3 heterocycles. The average Bonchev–Trinajstić information content (AvgIpc) is 3.24. The van der Waals surface area contributed by atoms with Crippen molar-refractivity contribution in [2.24, 2.45) is 0 Å². The summed E-state index contributed by atoms with van der Waals surface area (Å²) in [4.78, 5) is 5.08. The number of aromatic nitrogens is 1. The standard InChI is InChI=1S/C24H28FN3O/c1-18-5-6-23(25)22-9-12-28(24(18)22)21-4-2-3-20(17-21)26-10-7-19(8-11-26)27-13-15-29-16-14-27/h2-6,9,12,17,19H,7-8,10-11,13-16H2,1H3. The number of aryl methyl sites for hydroxylation is 1. The predicted octanol–water partition coefficient (Wildman–Crippen LogP) is 4.38. The van der Waals surface area contributed by atoms with E-state index in [2.05, 4.69) is 38.6 Å². The summed E-state index contributed by atoms with van der Waals surface area (Å²) in [7, 11) is 0. The van der Waals surface area contributed by atoms with Crippen molar-refractivity contribution in [1.82, 2.24) is 9.47 Å². The van der Waals surface area contributed by atoms with Crippen LogP contribution in [0.15, 0.2) is 48.7 Å². The van der Waals surface area contributed by atoms with Crippen LogP contribution in [-0.4, -0.2) is 54.9 Å². The summed E-state index contributed by atoms with van der Waals surface area (Å²) in [6.45, 7) is 8.06. The molecule has 4 nitrogen and oxygen atoms in total. The number of piperidine rings is 1. The van der Waals surface area contributed by atoms with Crippen LogP contribution >= 0.6 is 0 Å². The first kappa shape index (κ1) is 18.6. The van der Waals surface area contributed by atoms with Crippen molar-refractivity contribution in [2.45, 2.75) is 25.8 Å². The lowest BCUT2D eigenvalue weighted by molar-refractivity contribution is 0.0115. The highest BCUT2D eigenvalue weighted by Crippen LogP contribution is 2.29. The van der Waals surface area contributed by atoms with E-state index in [1.165, 1.54) is 18.5 Å². The lowest BCUT2D eigenvalue weighted by atomic mass is 10.0. The van der Waals surface area contributed by atoms with Gasteiger partial charge in [-0.2, -0.15) is 0 Å². The first-order valence-corrected chi connectivity index (χ1v) is 10.6. The van der Waals surface area contributed by atoms with E-state index < -0.39 is 0 Å². The Kier molecular flexibility index (Phi) is 5.02. The Morgan fingerprint density at radius 1 is 0.931 bits per heavy atom. The number of hydrogen-bond donors (Lipinski definition) is 0. The zero-order chi connectivity index (χ0) is 19.8. The van der Waals surface area contributed by atoms with Crippen molar-refractivity contribution in [3.05, 3.63) is 60.0 Å². The summed E-state index contributed by atoms with van der Waals surface area (Å²) < 4.78 is 21.8. The molecular weight excluding hydrogens is 365 g/mol. The maximum absolute atomic E-state index is 14.2. The van der Waals surface area contributed by atoms with Gasteiger partial charge in [-0.25, -0.2) is 4.39 Å². The zero-order valence-corrected chi connectivity index (χ0v) is 17.0. The predicted molar refractivity (Wildman–Crippen MR) is 116 cm³/mol. The Morgan fingerprint density at radius 3 is 2.48 bits per heavy atom. The molecule has 5 rings (SSSR count). The number of anilines is 1. The Labute approximate surface area is 171 Å². The van der Waals surface area contributed by atoms with Crippen LogP contribution in [0.5, 0.6) is 0 Å². The van der Waals surface area contributed by atoms with Gasteiger partial charge in [0.2, 0.25) is 0 Å². The van der Waals surface area contributed by atoms with Crippen molar-refractivity contribution in [3.8, 4) is 5.69 Å². The van der Waals surface area contributed by atoms with Gasteiger partial charge in [0.15, 0.2) is 0 Å². The second kappa shape index (κ2) is 7.81. The Bertz CT molecular complexity index is 1000. The molecule has 0 amide bonds. The second-order valence-electron chi connectivity index (χ2n) is 8.20. The molecule has 1 aromatic heterocycles. The molecule has 2 saturated heterocycles. The number of rotatable bonds is 3. The fourth-order valence-corrected chi connectivity index (χ4v) is 4.88. The maximum atomic E-state index is 14.2. The van der Waals surface area contributed by atoms with Crippen LogP contribution in [0.3, 0.4) is 0 Å². The monoisotopic (exact) mass is 393 g/mol. The maximum Gasteiger partial charge on any atom is 0.132 e. The van der Waals surface area contributed by atoms with E-state index in [1.807, 2.05) is 25.3 Å². The number of nitrogens with zero attached hydrogens (tertiary/aromatic N) is 3. The minimum Gasteiger partial charge on any atom is -0.379 e. The number of morpholine rings is 1. The van der Waals surface area contributed by atoms with Crippen LogP contribution in [0.2, 0.25) is 0 Å². The first-order chi connectivity index (χ1) is 14.2. The third-order valence-electron chi connectivity index (χ3n) is 6.50. The topological polar surface area (TPSA) is 20.6 Å². The quantitative estimate of drug-likeness (QED) is 0.659. The molecular formula is C24H28FN3O. The zero-order valence-electron chi connectivity index (χ0n) is 17.0. The average molecular weight is 394 g/mol. The van der Waals surface area contributed by atoms with Gasteiger partial charge in [-0.3, -0.25) is 4.90 Å². The Hall–Kier alpha value is -2.37. The highest BCUT2D eigenvalue weighted by molar-refractivity contribution is 5.85. The van der Waals surface area contributed by atoms with Crippen LogP contribution in [0.4, 0.5) is 10.1 Å². The van der Waals surface area contributed by atoms with Gasteiger partial charge in [-0.1, -0.05) is 12.1 Å². The first-order valence-electron chi connectivity index (χ1n) is 10.6. The molecule has 0 unspecified atom stereocenters. The van der Waals surface area contributed by atoms with Gasteiger partial charge >= 0.3 is 0 Å². The van der Waals surface area contributed by atoms with E-state index in [0.29, 0.717) is 11.4 Å². The second-order valence-corrected chi connectivity index (χ2v) is 8.20. The van der Waals surface area contributed by atoms with E-state index in [1.54, 1.807) is 6.07 Å². The van der Waals surface area contributed by atoms with Crippen molar-refractivity contribution in [3.63, 3.8) is 0 Å². The van der Waals surface area contributed by atoms with E-state index in [0.717, 1.165) is 56.2 Å². The normalized spacial score (nSPS) is 19.2. The summed E-state index contributed by atoms with van der Waals surface area (Å²) >= 11 is 0. The van der Waals surface area contributed by atoms with E-state index >= 15 is 0 Å². The largest absolute Gasteiger partial charge is 0.379 e. The fraction of sp³-hybridized carbons (Fsp3) is 0.417. The molecule has 2 aliphatic heterocycles. The van der Waals surface area contributed by atoms with Gasteiger partial charge in [0.05, 0.1) is 18.7 Å². The highest BCUT2D eigenvalue weighted by atomic mass is 19.1. The molecule has 2 aromatic carbocycles. The van der Waals surface area contributed by atoms with E-state index in [9.17, 15) is 4.39 Å². The third kappa shape index (κ3) is 3.53. The number of hydrogen-bond acceptors (Lipinski definition) is 3. The molecule has 3 aromatic rings. The van der Waals surface area contributed by atoms with E-state index in [4.69, 9.17) is 4.74 Å². The number of benzene rings is 2. The molecule has 0 bridgehead atoms. The Balaban J connectivity index is 1.37. The molecule has 29 heavy (non-hydrogen) atoms. The van der Waals surface area contributed by atoms with Crippen LogP contribution in [-0.2, 0) is 4.74 Å². The smallest absolute Gasteiger partial charge is 0.132 e. The molecule has 152 valence electrons. The lowest BCUT2D eigenvalue weighted by Crippen LogP contribution is -2.49.